The first kappa shape index (κ1) is 23.2. The number of fused-ring (bicyclic) bond motifs is 1. The fourth-order valence-corrected chi connectivity index (χ4v) is 4.50. The van der Waals surface area contributed by atoms with Gasteiger partial charge >= 0.3 is 0 Å². The normalized spacial score (nSPS) is 10.8. The number of ether oxygens (including phenoxy) is 2. The third-order valence-electron chi connectivity index (χ3n) is 5.29. The van der Waals surface area contributed by atoms with E-state index < -0.39 is 4.92 Å². The summed E-state index contributed by atoms with van der Waals surface area (Å²) in [5, 5.41) is 14.8. The van der Waals surface area contributed by atoms with E-state index in [1.54, 1.807) is 44.6 Å². The smallest absolute Gasteiger partial charge is 0.269 e. The summed E-state index contributed by atoms with van der Waals surface area (Å²) in [6.07, 6.45) is 2.01. The fraction of sp³-hybridized carbons (Fsp3) is 0.160. The van der Waals surface area contributed by atoms with Gasteiger partial charge in [-0.25, -0.2) is 0 Å². The summed E-state index contributed by atoms with van der Waals surface area (Å²) >= 11 is 1.45. The number of thioether (sulfide) groups is 1. The van der Waals surface area contributed by atoms with E-state index in [1.807, 2.05) is 30.5 Å². The number of nitrogens with one attached hydrogen (secondary N) is 1. The van der Waals surface area contributed by atoms with E-state index in [0.29, 0.717) is 23.7 Å². The molecule has 4 rings (SSSR count). The Bertz CT molecular complexity index is 1330. The summed E-state index contributed by atoms with van der Waals surface area (Å²) in [5.41, 5.74) is 2.62. The molecule has 34 heavy (non-hydrogen) atoms. The highest BCUT2D eigenvalue weighted by Gasteiger charge is 2.14. The zero-order valence-electron chi connectivity index (χ0n) is 18.7. The Morgan fingerprint density at radius 1 is 1.06 bits per heavy atom. The number of non-ortho nitro benzene ring substituents is 1. The van der Waals surface area contributed by atoms with Crippen molar-refractivity contribution in [3.8, 4) is 11.5 Å². The Balaban J connectivity index is 1.48. The van der Waals surface area contributed by atoms with Crippen LogP contribution in [0.4, 0.5) is 11.4 Å². The van der Waals surface area contributed by atoms with Crippen molar-refractivity contribution in [3.63, 3.8) is 0 Å². The Labute approximate surface area is 200 Å². The Morgan fingerprint density at radius 2 is 1.82 bits per heavy atom. The summed E-state index contributed by atoms with van der Waals surface area (Å²) in [6.45, 7) is 0.564. The van der Waals surface area contributed by atoms with Gasteiger partial charge in [0.25, 0.3) is 5.69 Å². The van der Waals surface area contributed by atoms with E-state index in [4.69, 9.17) is 9.47 Å². The number of nitro groups is 1. The minimum atomic E-state index is -0.407. The van der Waals surface area contributed by atoms with E-state index in [1.165, 1.54) is 23.9 Å². The minimum Gasteiger partial charge on any atom is -0.497 e. The fourth-order valence-electron chi connectivity index (χ4n) is 3.61. The summed E-state index contributed by atoms with van der Waals surface area (Å²) in [4.78, 5) is 24.1. The van der Waals surface area contributed by atoms with Gasteiger partial charge in [0, 0.05) is 46.7 Å². The van der Waals surface area contributed by atoms with Crippen LogP contribution in [0.25, 0.3) is 10.9 Å². The van der Waals surface area contributed by atoms with E-state index in [0.717, 1.165) is 21.4 Å². The maximum Gasteiger partial charge on any atom is 0.269 e. The van der Waals surface area contributed by atoms with Crippen LogP contribution < -0.4 is 14.8 Å². The molecule has 3 aromatic carbocycles. The number of rotatable bonds is 9. The standard InChI is InChI=1S/C25H23N3O5S/c1-32-19-11-12-21(23(13-19)33-2)26-25(29)16-34-24-15-27(22-6-4-3-5-20(22)24)14-17-7-9-18(10-8-17)28(30)31/h3-13,15H,14,16H2,1-2H3,(H,26,29). The second kappa shape index (κ2) is 10.3. The number of carbonyl (C=O) groups is 1. The molecule has 0 aliphatic heterocycles. The molecule has 0 saturated heterocycles. The second-order valence-electron chi connectivity index (χ2n) is 7.47. The number of nitrogens with zero attached hydrogens (tertiary/aromatic N) is 2. The molecule has 0 spiro atoms. The van der Waals surface area contributed by atoms with Gasteiger partial charge in [0.05, 0.1) is 30.6 Å². The molecule has 1 amide bonds. The number of nitro benzene ring substituents is 1. The van der Waals surface area contributed by atoms with Gasteiger partial charge in [0.2, 0.25) is 5.91 Å². The molecule has 174 valence electrons. The predicted octanol–water partition coefficient (Wildman–Crippen LogP) is 5.35. The quantitative estimate of drug-likeness (QED) is 0.198. The van der Waals surface area contributed by atoms with Crippen LogP contribution in [0.3, 0.4) is 0 Å². The predicted molar refractivity (Wildman–Crippen MR) is 133 cm³/mol. The van der Waals surface area contributed by atoms with Gasteiger partial charge in [-0.3, -0.25) is 14.9 Å². The molecule has 0 unspecified atom stereocenters. The molecule has 0 atom stereocenters. The van der Waals surface area contributed by atoms with Crippen molar-refractivity contribution in [2.75, 3.05) is 25.3 Å². The van der Waals surface area contributed by atoms with Crippen LogP contribution in [-0.4, -0.2) is 35.4 Å². The number of hydrogen-bond donors (Lipinski definition) is 1. The summed E-state index contributed by atoms with van der Waals surface area (Å²) < 4.78 is 12.6. The van der Waals surface area contributed by atoms with Crippen molar-refractivity contribution in [1.29, 1.82) is 0 Å². The SMILES string of the molecule is COc1ccc(NC(=O)CSc2cn(Cc3ccc([N+](=O)[O-])cc3)c3ccccc23)c(OC)c1. The highest BCUT2D eigenvalue weighted by atomic mass is 32.2. The number of amides is 1. The van der Waals surface area contributed by atoms with Crippen LogP contribution in [0.5, 0.6) is 11.5 Å². The lowest BCUT2D eigenvalue weighted by Crippen LogP contribution is -2.14. The molecule has 0 aliphatic rings. The number of benzene rings is 3. The second-order valence-corrected chi connectivity index (χ2v) is 8.48. The highest BCUT2D eigenvalue weighted by molar-refractivity contribution is 8.00. The number of methoxy groups -OCH3 is 2. The van der Waals surface area contributed by atoms with Gasteiger partial charge in [-0.15, -0.1) is 11.8 Å². The van der Waals surface area contributed by atoms with Gasteiger partial charge in [0.1, 0.15) is 11.5 Å². The molecule has 8 nitrogen and oxygen atoms in total. The van der Waals surface area contributed by atoms with Crippen LogP contribution in [0.2, 0.25) is 0 Å². The average molecular weight is 478 g/mol. The molecular formula is C25H23N3O5S. The molecule has 9 heteroatoms. The van der Waals surface area contributed by atoms with Crippen LogP contribution in [-0.2, 0) is 11.3 Å². The molecule has 0 radical (unpaired) electrons. The first-order valence-electron chi connectivity index (χ1n) is 10.4. The molecule has 0 bridgehead atoms. The molecule has 0 fully saturated rings. The lowest BCUT2D eigenvalue weighted by molar-refractivity contribution is -0.384. The zero-order chi connectivity index (χ0) is 24.1. The van der Waals surface area contributed by atoms with E-state index >= 15 is 0 Å². The van der Waals surface area contributed by atoms with Gasteiger partial charge in [-0.1, -0.05) is 30.3 Å². The van der Waals surface area contributed by atoms with Crippen LogP contribution >= 0.6 is 11.8 Å². The number of hydrogen-bond acceptors (Lipinski definition) is 6. The van der Waals surface area contributed by atoms with Gasteiger partial charge in [-0.05, 0) is 23.8 Å². The molecular weight excluding hydrogens is 454 g/mol. The maximum atomic E-state index is 12.6. The number of aromatic nitrogens is 1. The third-order valence-corrected chi connectivity index (χ3v) is 6.34. The van der Waals surface area contributed by atoms with E-state index in [-0.39, 0.29) is 17.3 Å². The largest absolute Gasteiger partial charge is 0.497 e. The lowest BCUT2D eigenvalue weighted by Gasteiger charge is -2.11. The minimum absolute atomic E-state index is 0.0665. The van der Waals surface area contributed by atoms with Crippen molar-refractivity contribution >= 4 is 39.9 Å². The molecule has 0 aliphatic carbocycles. The van der Waals surface area contributed by atoms with E-state index in [9.17, 15) is 14.9 Å². The van der Waals surface area contributed by atoms with Crippen LogP contribution in [0.1, 0.15) is 5.56 Å². The molecule has 1 aromatic heterocycles. The molecule has 4 aromatic rings. The molecule has 0 saturated carbocycles. The van der Waals surface area contributed by atoms with Gasteiger partial charge < -0.3 is 19.4 Å². The number of para-hydroxylation sites is 1. The van der Waals surface area contributed by atoms with Crippen molar-refractivity contribution in [3.05, 3.63) is 88.6 Å². The molecule has 1 N–H and O–H groups in total. The molecule has 1 heterocycles. The van der Waals surface area contributed by atoms with Crippen molar-refractivity contribution in [2.24, 2.45) is 0 Å². The Morgan fingerprint density at radius 3 is 2.53 bits per heavy atom. The Kier molecular flexibility index (Phi) is 7.03. The first-order valence-corrected chi connectivity index (χ1v) is 11.4. The summed E-state index contributed by atoms with van der Waals surface area (Å²) in [5.74, 6) is 1.24. The van der Waals surface area contributed by atoms with Crippen molar-refractivity contribution in [2.45, 2.75) is 11.4 Å². The van der Waals surface area contributed by atoms with Gasteiger partial charge in [0.15, 0.2) is 0 Å². The van der Waals surface area contributed by atoms with Crippen LogP contribution in [0, 0.1) is 10.1 Å². The maximum absolute atomic E-state index is 12.6. The highest BCUT2D eigenvalue weighted by Crippen LogP contribution is 2.32. The van der Waals surface area contributed by atoms with Gasteiger partial charge in [-0.2, -0.15) is 0 Å². The van der Waals surface area contributed by atoms with Crippen molar-refractivity contribution in [1.82, 2.24) is 4.57 Å². The third kappa shape index (κ3) is 5.15. The average Bonchev–Trinajstić information content (AvgIpc) is 3.20. The first-order chi connectivity index (χ1) is 16.5. The number of anilines is 1. The summed E-state index contributed by atoms with van der Waals surface area (Å²) in [6, 6.07) is 19.7. The Hall–Kier alpha value is -3.98. The van der Waals surface area contributed by atoms with E-state index in [2.05, 4.69) is 9.88 Å². The van der Waals surface area contributed by atoms with Crippen molar-refractivity contribution < 1.29 is 19.2 Å². The summed E-state index contributed by atoms with van der Waals surface area (Å²) in [7, 11) is 3.11. The zero-order valence-corrected chi connectivity index (χ0v) is 19.5. The monoisotopic (exact) mass is 477 g/mol. The van der Waals surface area contributed by atoms with Crippen LogP contribution in [0.15, 0.2) is 77.8 Å². The number of carbonyl (C=O) groups excluding carboxylic acids is 1. The topological polar surface area (TPSA) is 95.6 Å². The lowest BCUT2D eigenvalue weighted by atomic mass is 10.2.